The molecular formula is C17H33F2N3O2. The Hall–Kier alpha value is -0.950. The summed E-state index contributed by atoms with van der Waals surface area (Å²) < 4.78 is 32.7. The fraction of sp³-hybridized carbons (Fsp3) is 0.941. The van der Waals surface area contributed by atoms with E-state index >= 15 is 0 Å². The number of rotatable bonds is 7. The fourth-order valence-electron chi connectivity index (χ4n) is 2.71. The van der Waals surface area contributed by atoms with E-state index in [0.29, 0.717) is 5.92 Å². The highest BCUT2D eigenvalue weighted by Crippen LogP contribution is 2.16. The van der Waals surface area contributed by atoms with Crippen molar-refractivity contribution in [3.8, 4) is 0 Å². The second-order valence-electron chi connectivity index (χ2n) is 8.06. The summed E-state index contributed by atoms with van der Waals surface area (Å²) in [6, 6.07) is 0.112. The molecule has 1 heterocycles. The number of ether oxygens (including phenoxy) is 1. The fourth-order valence-corrected chi connectivity index (χ4v) is 2.71. The lowest BCUT2D eigenvalue weighted by Gasteiger charge is -2.34. The second kappa shape index (κ2) is 8.94. The van der Waals surface area contributed by atoms with E-state index in [2.05, 4.69) is 29.4 Å². The zero-order chi connectivity index (χ0) is 18.4. The van der Waals surface area contributed by atoms with Crippen molar-refractivity contribution in [1.82, 2.24) is 15.5 Å². The molecule has 24 heavy (non-hydrogen) atoms. The van der Waals surface area contributed by atoms with Gasteiger partial charge in [0, 0.05) is 12.6 Å². The molecule has 0 atom stereocenters. The van der Waals surface area contributed by atoms with Crippen molar-refractivity contribution in [2.75, 3.05) is 32.7 Å². The molecule has 1 rings (SSSR count). The Balaban J connectivity index is 2.25. The molecule has 1 saturated heterocycles. The predicted octanol–water partition coefficient (Wildman–Crippen LogP) is 2.86. The number of nitrogens with zero attached hydrogens (tertiary/aromatic N) is 1. The molecular weight excluding hydrogens is 316 g/mol. The molecule has 5 nitrogen and oxygen atoms in total. The van der Waals surface area contributed by atoms with Crippen LogP contribution in [0, 0.1) is 5.92 Å². The molecule has 0 bridgehead atoms. The summed E-state index contributed by atoms with van der Waals surface area (Å²) in [5, 5.41) is 5.08. The minimum atomic E-state index is -2.99. The lowest BCUT2D eigenvalue weighted by Crippen LogP contribution is -2.49. The predicted molar refractivity (Wildman–Crippen MR) is 91.5 cm³/mol. The van der Waals surface area contributed by atoms with Gasteiger partial charge in [-0.15, -0.1) is 0 Å². The van der Waals surface area contributed by atoms with Crippen molar-refractivity contribution in [3.63, 3.8) is 0 Å². The number of likely N-dealkylation sites (tertiary alicyclic amines) is 1. The molecule has 0 aliphatic carbocycles. The Morgan fingerprint density at radius 1 is 1.21 bits per heavy atom. The topological polar surface area (TPSA) is 53.6 Å². The van der Waals surface area contributed by atoms with Gasteiger partial charge in [0.25, 0.3) is 5.92 Å². The van der Waals surface area contributed by atoms with Gasteiger partial charge in [-0.2, -0.15) is 0 Å². The highest BCUT2D eigenvalue weighted by atomic mass is 19.3. The number of piperidine rings is 1. The monoisotopic (exact) mass is 349 g/mol. The van der Waals surface area contributed by atoms with E-state index in [4.69, 9.17) is 4.74 Å². The van der Waals surface area contributed by atoms with Crippen LogP contribution in [0.25, 0.3) is 0 Å². The lowest BCUT2D eigenvalue weighted by atomic mass is 10.0. The SMILES string of the molecule is CC(C)CN1CCC(NCC(F)(F)CNC(=O)OC(C)(C)C)CC1. The molecule has 7 heteroatoms. The number of alkyl halides is 2. The maximum Gasteiger partial charge on any atom is 0.407 e. The van der Waals surface area contributed by atoms with E-state index in [-0.39, 0.29) is 6.04 Å². The van der Waals surface area contributed by atoms with Crippen molar-refractivity contribution < 1.29 is 18.3 Å². The highest BCUT2D eigenvalue weighted by Gasteiger charge is 2.32. The third kappa shape index (κ3) is 9.37. The summed E-state index contributed by atoms with van der Waals surface area (Å²) in [6.45, 7) is 11.2. The molecule has 0 spiro atoms. The summed E-state index contributed by atoms with van der Waals surface area (Å²) in [7, 11) is 0. The van der Waals surface area contributed by atoms with Crippen LogP contribution >= 0.6 is 0 Å². The van der Waals surface area contributed by atoms with Crippen LogP contribution < -0.4 is 10.6 Å². The number of carbonyl (C=O) groups is 1. The minimum Gasteiger partial charge on any atom is -0.444 e. The average molecular weight is 349 g/mol. The second-order valence-corrected chi connectivity index (χ2v) is 8.06. The Morgan fingerprint density at radius 3 is 2.29 bits per heavy atom. The standard InChI is InChI=1S/C17H33F2N3O2/c1-13(2)10-22-8-6-14(7-9-22)20-11-17(18,19)12-21-15(23)24-16(3,4)5/h13-14,20H,6-12H2,1-5H3,(H,21,23). The average Bonchev–Trinajstić information content (AvgIpc) is 2.42. The van der Waals surface area contributed by atoms with Gasteiger partial charge in [0.15, 0.2) is 0 Å². The van der Waals surface area contributed by atoms with Gasteiger partial charge in [-0.3, -0.25) is 0 Å². The Labute approximate surface area is 144 Å². The largest absolute Gasteiger partial charge is 0.444 e. The van der Waals surface area contributed by atoms with Gasteiger partial charge in [-0.05, 0) is 52.6 Å². The maximum atomic E-state index is 13.9. The molecule has 0 aromatic carbocycles. The van der Waals surface area contributed by atoms with Crippen molar-refractivity contribution in [3.05, 3.63) is 0 Å². The normalized spacial score (nSPS) is 18.0. The first-order valence-corrected chi connectivity index (χ1v) is 8.77. The molecule has 142 valence electrons. The molecule has 1 aliphatic heterocycles. The summed E-state index contributed by atoms with van der Waals surface area (Å²) in [4.78, 5) is 13.8. The Kier molecular flexibility index (Phi) is 7.86. The number of nitrogens with one attached hydrogen (secondary N) is 2. The van der Waals surface area contributed by atoms with Gasteiger partial charge in [0.2, 0.25) is 0 Å². The van der Waals surface area contributed by atoms with Crippen molar-refractivity contribution in [2.45, 2.75) is 65.0 Å². The summed E-state index contributed by atoms with van der Waals surface area (Å²) in [5.74, 6) is -2.37. The smallest absolute Gasteiger partial charge is 0.407 e. The number of carbonyl (C=O) groups excluding carboxylic acids is 1. The van der Waals surface area contributed by atoms with Gasteiger partial charge < -0.3 is 20.3 Å². The van der Waals surface area contributed by atoms with Crippen LogP contribution in [-0.4, -0.2) is 61.3 Å². The first-order valence-electron chi connectivity index (χ1n) is 8.77. The van der Waals surface area contributed by atoms with Gasteiger partial charge in [-0.25, -0.2) is 13.6 Å². The molecule has 0 radical (unpaired) electrons. The lowest BCUT2D eigenvalue weighted by molar-refractivity contribution is -0.00727. The first-order chi connectivity index (χ1) is 11.0. The van der Waals surface area contributed by atoms with Gasteiger partial charge >= 0.3 is 6.09 Å². The van der Waals surface area contributed by atoms with Crippen LogP contribution in [0.4, 0.5) is 13.6 Å². The Morgan fingerprint density at radius 2 is 1.79 bits per heavy atom. The zero-order valence-corrected chi connectivity index (χ0v) is 15.6. The molecule has 1 fully saturated rings. The number of hydrogen-bond donors (Lipinski definition) is 2. The van der Waals surface area contributed by atoms with Gasteiger partial charge in [0.1, 0.15) is 5.60 Å². The highest BCUT2D eigenvalue weighted by molar-refractivity contribution is 5.67. The number of halogens is 2. The van der Waals surface area contributed by atoms with Crippen LogP contribution in [-0.2, 0) is 4.74 Å². The molecule has 0 aromatic rings. The molecule has 0 aromatic heterocycles. The molecule has 1 aliphatic rings. The number of hydrogen-bond acceptors (Lipinski definition) is 4. The van der Waals surface area contributed by atoms with Gasteiger partial charge in [-0.1, -0.05) is 13.8 Å². The van der Waals surface area contributed by atoms with E-state index in [0.717, 1.165) is 32.5 Å². The summed E-state index contributed by atoms with van der Waals surface area (Å²) in [6.07, 6.45) is 0.939. The van der Waals surface area contributed by atoms with E-state index in [9.17, 15) is 13.6 Å². The third-order valence-corrected chi connectivity index (χ3v) is 3.75. The summed E-state index contributed by atoms with van der Waals surface area (Å²) in [5.41, 5.74) is -0.693. The molecule has 0 saturated carbocycles. The zero-order valence-electron chi connectivity index (χ0n) is 15.6. The molecule has 0 unspecified atom stereocenters. The van der Waals surface area contributed by atoms with Crippen molar-refractivity contribution >= 4 is 6.09 Å². The summed E-state index contributed by atoms with van der Waals surface area (Å²) >= 11 is 0. The van der Waals surface area contributed by atoms with Crippen LogP contribution in [0.3, 0.4) is 0 Å². The van der Waals surface area contributed by atoms with Crippen LogP contribution in [0.15, 0.2) is 0 Å². The van der Waals surface area contributed by atoms with Crippen molar-refractivity contribution in [1.29, 1.82) is 0 Å². The third-order valence-electron chi connectivity index (χ3n) is 3.75. The van der Waals surface area contributed by atoms with Crippen LogP contribution in [0.2, 0.25) is 0 Å². The number of alkyl carbamates (subject to hydrolysis) is 1. The van der Waals surface area contributed by atoms with E-state index in [1.807, 2.05) is 0 Å². The van der Waals surface area contributed by atoms with Crippen LogP contribution in [0.5, 0.6) is 0 Å². The van der Waals surface area contributed by atoms with E-state index in [1.54, 1.807) is 20.8 Å². The van der Waals surface area contributed by atoms with Crippen LogP contribution in [0.1, 0.15) is 47.5 Å². The molecule has 2 N–H and O–H groups in total. The van der Waals surface area contributed by atoms with Crippen molar-refractivity contribution in [2.24, 2.45) is 5.92 Å². The van der Waals surface area contributed by atoms with E-state index in [1.165, 1.54) is 0 Å². The Bertz CT molecular complexity index is 390. The maximum absolute atomic E-state index is 13.9. The van der Waals surface area contributed by atoms with Gasteiger partial charge in [0.05, 0.1) is 13.1 Å². The van der Waals surface area contributed by atoms with E-state index < -0.39 is 30.7 Å². The number of amides is 1. The molecule has 1 amide bonds. The minimum absolute atomic E-state index is 0.112. The first kappa shape index (κ1) is 21.1. The quantitative estimate of drug-likeness (QED) is 0.742.